The van der Waals surface area contributed by atoms with E-state index >= 15 is 0 Å². The second kappa shape index (κ2) is 4.83. The quantitative estimate of drug-likeness (QED) is 0.634. The molecule has 0 amide bonds. The van der Waals surface area contributed by atoms with E-state index < -0.39 is 0 Å². The number of amidine groups is 1. The van der Waals surface area contributed by atoms with Crippen molar-refractivity contribution >= 4 is 17.5 Å². The number of anilines is 2. The second-order valence-corrected chi connectivity index (χ2v) is 3.99. The number of hydrogen-bond donors (Lipinski definition) is 2. The molecule has 1 heterocycles. The number of benzene rings is 1. The van der Waals surface area contributed by atoms with Gasteiger partial charge in [-0.1, -0.05) is 12.1 Å². The van der Waals surface area contributed by atoms with E-state index in [1.54, 1.807) is 6.20 Å². The van der Waals surface area contributed by atoms with Crippen LogP contribution in [0.25, 0.3) is 0 Å². The molecule has 0 aliphatic heterocycles. The minimum absolute atomic E-state index is 0.0325. The summed E-state index contributed by atoms with van der Waals surface area (Å²) in [6, 6.07) is 9.29. The van der Waals surface area contributed by atoms with Gasteiger partial charge in [0.2, 0.25) is 5.95 Å². The Labute approximate surface area is 106 Å². The molecule has 92 valence electrons. The van der Waals surface area contributed by atoms with Crippen molar-refractivity contribution in [2.45, 2.75) is 6.92 Å². The summed E-state index contributed by atoms with van der Waals surface area (Å²) in [6.07, 6.45) is 1.71. The Bertz CT molecular complexity index is 579. The molecule has 0 saturated heterocycles. The molecule has 3 N–H and O–H groups in total. The molecular formula is C13H15N5. The van der Waals surface area contributed by atoms with Crippen LogP contribution >= 0.6 is 0 Å². The topological polar surface area (TPSA) is 78.9 Å². The summed E-state index contributed by atoms with van der Waals surface area (Å²) in [7, 11) is 1.86. The highest BCUT2D eigenvalue weighted by Crippen LogP contribution is 2.23. The van der Waals surface area contributed by atoms with Crippen molar-refractivity contribution in [3.63, 3.8) is 0 Å². The van der Waals surface area contributed by atoms with Crippen LogP contribution < -0.4 is 10.6 Å². The van der Waals surface area contributed by atoms with Crippen LogP contribution in [0.1, 0.15) is 11.3 Å². The second-order valence-electron chi connectivity index (χ2n) is 3.99. The number of nitrogens with zero attached hydrogens (tertiary/aromatic N) is 3. The number of para-hydroxylation sites is 1. The highest BCUT2D eigenvalue weighted by Gasteiger charge is 2.12. The number of nitrogen functional groups attached to an aromatic ring is 1. The summed E-state index contributed by atoms with van der Waals surface area (Å²) in [6.45, 7) is 1.91. The van der Waals surface area contributed by atoms with Crippen molar-refractivity contribution < 1.29 is 0 Å². The summed E-state index contributed by atoms with van der Waals surface area (Å²) in [5.74, 6) is 0.619. The minimum Gasteiger partial charge on any atom is -0.384 e. The van der Waals surface area contributed by atoms with Crippen LogP contribution in [0.4, 0.5) is 11.6 Å². The Hall–Kier alpha value is -2.43. The minimum atomic E-state index is 0.0325. The molecule has 0 spiro atoms. The maximum Gasteiger partial charge on any atom is 0.229 e. The normalized spacial score (nSPS) is 10.1. The zero-order valence-corrected chi connectivity index (χ0v) is 10.4. The first kappa shape index (κ1) is 12.0. The van der Waals surface area contributed by atoms with Crippen molar-refractivity contribution in [1.29, 1.82) is 5.41 Å². The molecule has 0 saturated carbocycles. The van der Waals surface area contributed by atoms with Crippen molar-refractivity contribution in [1.82, 2.24) is 9.97 Å². The standard InChI is InChI=1S/C13H15N5/c1-9-7-8-16-13(17-9)18(2)11-6-4-3-5-10(11)12(14)15/h3-8H,1-2H3,(H3,14,15). The third-order valence-electron chi connectivity index (χ3n) is 2.64. The highest BCUT2D eigenvalue weighted by molar-refractivity contribution is 6.00. The first-order valence-electron chi connectivity index (χ1n) is 5.56. The van der Waals surface area contributed by atoms with E-state index in [1.807, 2.05) is 49.2 Å². The molecule has 5 nitrogen and oxygen atoms in total. The summed E-state index contributed by atoms with van der Waals surface area (Å²) < 4.78 is 0. The molecule has 0 unspecified atom stereocenters. The molecule has 0 bridgehead atoms. The maximum absolute atomic E-state index is 7.58. The van der Waals surface area contributed by atoms with Crippen LogP contribution in [-0.2, 0) is 0 Å². The van der Waals surface area contributed by atoms with Gasteiger partial charge in [-0.25, -0.2) is 9.97 Å². The maximum atomic E-state index is 7.58. The molecule has 18 heavy (non-hydrogen) atoms. The van der Waals surface area contributed by atoms with E-state index in [4.69, 9.17) is 11.1 Å². The van der Waals surface area contributed by atoms with Gasteiger partial charge in [-0.15, -0.1) is 0 Å². The van der Waals surface area contributed by atoms with Crippen molar-refractivity contribution in [2.75, 3.05) is 11.9 Å². The number of aromatic nitrogens is 2. The SMILES string of the molecule is Cc1ccnc(N(C)c2ccccc2C(=N)N)n1. The number of rotatable bonds is 3. The van der Waals surface area contributed by atoms with E-state index in [0.717, 1.165) is 11.4 Å². The van der Waals surface area contributed by atoms with Crippen LogP contribution in [0.2, 0.25) is 0 Å². The summed E-state index contributed by atoms with van der Waals surface area (Å²) in [4.78, 5) is 10.4. The third-order valence-corrected chi connectivity index (χ3v) is 2.64. The lowest BCUT2D eigenvalue weighted by Gasteiger charge is -2.20. The fourth-order valence-corrected chi connectivity index (χ4v) is 1.70. The molecule has 0 radical (unpaired) electrons. The number of nitrogens with one attached hydrogen (secondary N) is 1. The van der Waals surface area contributed by atoms with E-state index in [1.165, 1.54) is 0 Å². The lowest BCUT2D eigenvalue weighted by Crippen LogP contribution is -2.20. The van der Waals surface area contributed by atoms with Gasteiger partial charge in [0.05, 0.1) is 5.69 Å². The molecule has 2 rings (SSSR count). The average Bonchev–Trinajstić information content (AvgIpc) is 2.38. The molecule has 5 heteroatoms. The fourth-order valence-electron chi connectivity index (χ4n) is 1.70. The van der Waals surface area contributed by atoms with Gasteiger partial charge < -0.3 is 10.6 Å². The van der Waals surface area contributed by atoms with Gasteiger partial charge in [0, 0.05) is 24.5 Å². The van der Waals surface area contributed by atoms with Gasteiger partial charge in [-0.05, 0) is 25.1 Å². The van der Waals surface area contributed by atoms with E-state index in [0.29, 0.717) is 11.5 Å². The Morgan fingerprint density at radius 3 is 2.67 bits per heavy atom. The predicted octanol–water partition coefficient (Wildman–Crippen LogP) is 1.84. The first-order chi connectivity index (χ1) is 8.59. The van der Waals surface area contributed by atoms with Crippen LogP contribution in [0.15, 0.2) is 36.5 Å². The Kier molecular flexibility index (Phi) is 3.23. The van der Waals surface area contributed by atoms with Gasteiger partial charge in [-0.2, -0.15) is 0 Å². The zero-order valence-electron chi connectivity index (χ0n) is 10.4. The Morgan fingerprint density at radius 2 is 2.00 bits per heavy atom. The van der Waals surface area contributed by atoms with E-state index in [2.05, 4.69) is 9.97 Å². The van der Waals surface area contributed by atoms with Crippen LogP contribution in [0, 0.1) is 12.3 Å². The highest BCUT2D eigenvalue weighted by atomic mass is 15.2. The first-order valence-corrected chi connectivity index (χ1v) is 5.56. The van der Waals surface area contributed by atoms with Crippen molar-refractivity contribution in [3.05, 3.63) is 47.8 Å². The lowest BCUT2D eigenvalue weighted by molar-refractivity contribution is 1.01. The summed E-state index contributed by atoms with van der Waals surface area (Å²) in [5.41, 5.74) is 7.96. The van der Waals surface area contributed by atoms with Crippen LogP contribution in [0.5, 0.6) is 0 Å². The lowest BCUT2D eigenvalue weighted by atomic mass is 10.1. The molecule has 1 aromatic carbocycles. The monoisotopic (exact) mass is 241 g/mol. The Balaban J connectivity index is 2.46. The molecule has 0 fully saturated rings. The molecule has 0 atom stereocenters. The molecule has 0 aliphatic carbocycles. The van der Waals surface area contributed by atoms with Gasteiger partial charge in [-0.3, -0.25) is 5.41 Å². The van der Waals surface area contributed by atoms with E-state index in [-0.39, 0.29) is 5.84 Å². The average molecular weight is 241 g/mol. The summed E-state index contributed by atoms with van der Waals surface area (Å²) in [5, 5.41) is 7.58. The summed E-state index contributed by atoms with van der Waals surface area (Å²) >= 11 is 0. The molecular weight excluding hydrogens is 226 g/mol. The van der Waals surface area contributed by atoms with Gasteiger partial charge in [0.1, 0.15) is 5.84 Å². The van der Waals surface area contributed by atoms with E-state index in [9.17, 15) is 0 Å². The van der Waals surface area contributed by atoms with Crippen LogP contribution in [0.3, 0.4) is 0 Å². The van der Waals surface area contributed by atoms with Crippen molar-refractivity contribution in [3.8, 4) is 0 Å². The predicted molar refractivity (Wildman–Crippen MR) is 72.3 cm³/mol. The van der Waals surface area contributed by atoms with Gasteiger partial charge >= 0.3 is 0 Å². The zero-order chi connectivity index (χ0) is 13.1. The number of nitrogens with two attached hydrogens (primary N) is 1. The largest absolute Gasteiger partial charge is 0.384 e. The fraction of sp³-hybridized carbons (Fsp3) is 0.154. The molecule has 2 aromatic rings. The smallest absolute Gasteiger partial charge is 0.229 e. The van der Waals surface area contributed by atoms with Gasteiger partial charge in [0.15, 0.2) is 0 Å². The Morgan fingerprint density at radius 1 is 1.28 bits per heavy atom. The van der Waals surface area contributed by atoms with Crippen molar-refractivity contribution in [2.24, 2.45) is 5.73 Å². The third kappa shape index (κ3) is 2.29. The number of hydrogen-bond acceptors (Lipinski definition) is 4. The molecule has 1 aromatic heterocycles. The molecule has 0 aliphatic rings. The van der Waals surface area contributed by atoms with Crippen LogP contribution in [-0.4, -0.2) is 22.9 Å². The van der Waals surface area contributed by atoms with Gasteiger partial charge in [0.25, 0.3) is 0 Å². The number of aryl methyl sites for hydroxylation is 1.